The predicted octanol–water partition coefficient (Wildman–Crippen LogP) is 2.49. The molecule has 1 aromatic heterocycles. The molecule has 0 spiro atoms. The van der Waals surface area contributed by atoms with Crippen molar-refractivity contribution in [3.8, 4) is 6.07 Å². The van der Waals surface area contributed by atoms with E-state index in [0.717, 1.165) is 69.1 Å². The highest BCUT2D eigenvalue weighted by Crippen LogP contribution is 2.32. The topological polar surface area (TPSA) is 61.6 Å². The van der Waals surface area contributed by atoms with E-state index >= 15 is 0 Å². The summed E-state index contributed by atoms with van der Waals surface area (Å²) in [7, 11) is 3.52. The number of methoxy groups -OCH3 is 2. The maximum absolute atomic E-state index is 9.89. The first-order valence-electron chi connectivity index (χ1n) is 9.13. The summed E-state index contributed by atoms with van der Waals surface area (Å²) in [5, 5.41) is 9.89. The lowest BCUT2D eigenvalue weighted by Gasteiger charge is -2.37. The molecule has 2 saturated heterocycles. The third-order valence-corrected chi connectivity index (χ3v) is 5.28. The van der Waals surface area contributed by atoms with Gasteiger partial charge in [0.05, 0.1) is 17.9 Å². The molecule has 6 heteroatoms. The number of nitriles is 1. The summed E-state index contributed by atoms with van der Waals surface area (Å²) < 4.78 is 11.1. The Hall–Kier alpha value is -1.84. The molecule has 25 heavy (non-hydrogen) atoms. The van der Waals surface area contributed by atoms with Crippen LogP contribution in [0.25, 0.3) is 0 Å². The zero-order valence-corrected chi connectivity index (χ0v) is 15.5. The summed E-state index contributed by atoms with van der Waals surface area (Å²) in [5.74, 6) is 0.804. The van der Waals surface area contributed by atoms with Crippen LogP contribution in [-0.2, 0) is 9.47 Å². The van der Waals surface area contributed by atoms with E-state index < -0.39 is 0 Å². The quantitative estimate of drug-likeness (QED) is 0.836. The molecule has 0 aromatic carbocycles. The van der Waals surface area contributed by atoms with Crippen molar-refractivity contribution in [3.05, 3.63) is 17.3 Å². The lowest BCUT2D eigenvalue weighted by molar-refractivity contribution is 0.0889. The maximum atomic E-state index is 9.89. The fourth-order valence-electron chi connectivity index (χ4n) is 3.90. The first kappa shape index (κ1) is 18.0. The van der Waals surface area contributed by atoms with E-state index in [9.17, 15) is 5.26 Å². The fraction of sp³-hybridized carbons (Fsp3) is 0.684. The third-order valence-electron chi connectivity index (χ3n) is 5.28. The van der Waals surface area contributed by atoms with E-state index in [4.69, 9.17) is 14.5 Å². The van der Waals surface area contributed by atoms with Gasteiger partial charge in [-0.3, -0.25) is 0 Å². The molecule has 2 aliphatic rings. The number of ether oxygens (including phenoxy) is 2. The highest BCUT2D eigenvalue weighted by molar-refractivity contribution is 5.71. The molecule has 136 valence electrons. The van der Waals surface area contributed by atoms with Crippen LogP contribution in [0.5, 0.6) is 0 Å². The zero-order chi connectivity index (χ0) is 17.8. The number of nitrogens with zero attached hydrogens (tertiary/aromatic N) is 4. The van der Waals surface area contributed by atoms with Crippen LogP contribution in [0.1, 0.15) is 36.9 Å². The zero-order valence-electron chi connectivity index (χ0n) is 15.5. The first-order chi connectivity index (χ1) is 12.2. The van der Waals surface area contributed by atoms with Gasteiger partial charge in [0.2, 0.25) is 0 Å². The average Bonchev–Trinajstić information content (AvgIpc) is 2.67. The van der Waals surface area contributed by atoms with Crippen LogP contribution in [0.3, 0.4) is 0 Å². The SMILES string of the molecule is CO[C@@H]1CCCN(c2nc(C)cc(N3CCC[C@H](OC)C3)c2C#N)C1. The van der Waals surface area contributed by atoms with Crippen LogP contribution in [0.2, 0.25) is 0 Å². The molecule has 3 rings (SSSR count). The van der Waals surface area contributed by atoms with Crippen LogP contribution < -0.4 is 9.80 Å². The standard InChI is InChI=1S/C19H28N4O2/c1-14-10-18(22-8-4-6-15(12-22)24-2)17(11-20)19(21-14)23-9-5-7-16(13-23)25-3/h10,15-16H,4-9,12-13H2,1-3H3/t15-,16+/m0/s1. The van der Waals surface area contributed by atoms with Crippen LogP contribution in [0.15, 0.2) is 6.07 Å². The van der Waals surface area contributed by atoms with E-state index in [1.54, 1.807) is 14.2 Å². The molecule has 2 aliphatic heterocycles. The van der Waals surface area contributed by atoms with E-state index in [2.05, 4.69) is 15.9 Å². The van der Waals surface area contributed by atoms with Crippen LogP contribution in [0, 0.1) is 18.3 Å². The molecule has 0 amide bonds. The van der Waals surface area contributed by atoms with Crippen molar-refractivity contribution < 1.29 is 9.47 Å². The van der Waals surface area contributed by atoms with Gasteiger partial charge in [0.25, 0.3) is 0 Å². The largest absolute Gasteiger partial charge is 0.380 e. The Kier molecular flexibility index (Phi) is 5.77. The molecule has 6 nitrogen and oxygen atoms in total. The molecular formula is C19H28N4O2. The number of piperidine rings is 2. The van der Waals surface area contributed by atoms with Gasteiger partial charge in [-0.15, -0.1) is 0 Å². The summed E-state index contributed by atoms with van der Waals surface area (Å²) in [6.07, 6.45) is 4.71. The van der Waals surface area contributed by atoms with Gasteiger partial charge in [-0.1, -0.05) is 0 Å². The van der Waals surface area contributed by atoms with Gasteiger partial charge in [0, 0.05) is 46.1 Å². The van der Waals surface area contributed by atoms with Crippen molar-refractivity contribution in [2.24, 2.45) is 0 Å². The smallest absolute Gasteiger partial charge is 0.149 e. The second-order valence-corrected chi connectivity index (χ2v) is 6.99. The Morgan fingerprint density at radius 3 is 2.28 bits per heavy atom. The predicted molar refractivity (Wildman–Crippen MR) is 98.2 cm³/mol. The van der Waals surface area contributed by atoms with Gasteiger partial charge < -0.3 is 19.3 Å². The summed E-state index contributed by atoms with van der Waals surface area (Å²) >= 11 is 0. The number of aromatic nitrogens is 1. The average molecular weight is 344 g/mol. The van der Waals surface area contributed by atoms with Gasteiger partial charge in [-0.05, 0) is 38.7 Å². The molecule has 0 aliphatic carbocycles. The number of pyridine rings is 1. The van der Waals surface area contributed by atoms with Crippen molar-refractivity contribution in [1.29, 1.82) is 5.26 Å². The first-order valence-corrected chi connectivity index (χ1v) is 9.13. The third kappa shape index (κ3) is 3.88. The van der Waals surface area contributed by atoms with E-state index in [1.807, 2.05) is 13.0 Å². The number of anilines is 2. The van der Waals surface area contributed by atoms with Gasteiger partial charge in [0.1, 0.15) is 17.5 Å². The number of aryl methyl sites for hydroxylation is 1. The van der Waals surface area contributed by atoms with Gasteiger partial charge in [-0.25, -0.2) is 4.98 Å². The second-order valence-electron chi connectivity index (χ2n) is 6.99. The highest BCUT2D eigenvalue weighted by Gasteiger charge is 2.27. The molecular weight excluding hydrogens is 316 g/mol. The van der Waals surface area contributed by atoms with Crippen LogP contribution in [0.4, 0.5) is 11.5 Å². The van der Waals surface area contributed by atoms with Crippen LogP contribution in [-0.4, -0.2) is 57.6 Å². The van der Waals surface area contributed by atoms with E-state index in [0.29, 0.717) is 5.56 Å². The van der Waals surface area contributed by atoms with Gasteiger partial charge in [0.15, 0.2) is 0 Å². The Morgan fingerprint density at radius 1 is 1.08 bits per heavy atom. The van der Waals surface area contributed by atoms with Crippen molar-refractivity contribution in [1.82, 2.24) is 4.98 Å². The van der Waals surface area contributed by atoms with Crippen molar-refractivity contribution in [2.45, 2.75) is 44.8 Å². The molecule has 2 atom stereocenters. The minimum absolute atomic E-state index is 0.207. The monoisotopic (exact) mass is 344 g/mol. The van der Waals surface area contributed by atoms with Crippen molar-refractivity contribution >= 4 is 11.5 Å². The number of rotatable bonds is 4. The highest BCUT2D eigenvalue weighted by atomic mass is 16.5. The molecule has 3 heterocycles. The van der Waals surface area contributed by atoms with Gasteiger partial charge in [-0.2, -0.15) is 5.26 Å². The summed E-state index contributed by atoms with van der Waals surface area (Å²) in [5.41, 5.74) is 2.62. The molecule has 0 bridgehead atoms. The van der Waals surface area contributed by atoms with Crippen molar-refractivity contribution in [3.63, 3.8) is 0 Å². The molecule has 0 unspecified atom stereocenters. The summed E-state index contributed by atoms with van der Waals surface area (Å²) in [6.45, 7) is 5.50. The molecule has 0 N–H and O–H groups in total. The molecule has 0 saturated carbocycles. The number of hydrogen-bond acceptors (Lipinski definition) is 6. The second kappa shape index (κ2) is 8.03. The summed E-state index contributed by atoms with van der Waals surface area (Å²) in [6, 6.07) is 4.46. The minimum atomic E-state index is 0.207. The van der Waals surface area contributed by atoms with Gasteiger partial charge >= 0.3 is 0 Å². The molecule has 0 radical (unpaired) electrons. The Balaban J connectivity index is 1.94. The lowest BCUT2D eigenvalue weighted by Crippen LogP contribution is -2.42. The normalized spacial score (nSPS) is 24.2. The van der Waals surface area contributed by atoms with E-state index in [-0.39, 0.29) is 12.2 Å². The molecule has 1 aromatic rings. The summed E-state index contributed by atoms with van der Waals surface area (Å²) in [4.78, 5) is 9.22. The Morgan fingerprint density at radius 2 is 1.68 bits per heavy atom. The Labute approximate surface area is 150 Å². The lowest BCUT2D eigenvalue weighted by atomic mass is 10.0. The number of hydrogen-bond donors (Lipinski definition) is 0. The van der Waals surface area contributed by atoms with Crippen molar-refractivity contribution in [2.75, 3.05) is 50.2 Å². The fourth-order valence-corrected chi connectivity index (χ4v) is 3.90. The van der Waals surface area contributed by atoms with E-state index in [1.165, 1.54) is 0 Å². The minimum Gasteiger partial charge on any atom is -0.380 e. The van der Waals surface area contributed by atoms with Crippen LogP contribution >= 0.6 is 0 Å². The Bertz CT molecular complexity index is 598. The maximum Gasteiger partial charge on any atom is 0.149 e. The molecule has 2 fully saturated rings.